The molecule has 0 bridgehead atoms. The molecular weight excluding hydrogens is 354 g/mol. The Hall–Kier alpha value is -2.60. The van der Waals surface area contributed by atoms with Gasteiger partial charge < -0.3 is 9.80 Å². The molecule has 136 valence electrons. The number of piperazine rings is 1. The van der Waals surface area contributed by atoms with E-state index in [1.165, 1.54) is 6.07 Å². The molecule has 1 fully saturated rings. The number of benzene rings is 2. The van der Waals surface area contributed by atoms with E-state index in [1.54, 1.807) is 24.0 Å². The second kappa shape index (κ2) is 7.33. The molecule has 0 saturated carbocycles. The molecule has 7 heteroatoms. The van der Waals surface area contributed by atoms with Gasteiger partial charge in [-0.15, -0.1) is 0 Å². The molecule has 0 spiro atoms. The van der Waals surface area contributed by atoms with Crippen LogP contribution in [0.1, 0.15) is 21.5 Å². The number of hydrogen-bond acceptors (Lipinski definition) is 4. The third-order valence-corrected chi connectivity index (χ3v) is 4.96. The Balaban J connectivity index is 1.76. The van der Waals surface area contributed by atoms with Gasteiger partial charge in [0.05, 0.1) is 4.92 Å². The van der Waals surface area contributed by atoms with Crippen molar-refractivity contribution in [1.29, 1.82) is 0 Å². The van der Waals surface area contributed by atoms with E-state index in [0.29, 0.717) is 36.8 Å². The van der Waals surface area contributed by atoms with Crippen molar-refractivity contribution >= 4 is 28.9 Å². The predicted octanol–water partition coefficient (Wildman–Crippen LogP) is 3.83. The Labute approximate surface area is 157 Å². The normalized spacial score (nSPS) is 14.4. The Morgan fingerprint density at radius 3 is 2.42 bits per heavy atom. The molecule has 1 aliphatic rings. The van der Waals surface area contributed by atoms with Gasteiger partial charge in [0.1, 0.15) is 5.56 Å². The minimum absolute atomic E-state index is 0.106. The molecule has 0 radical (unpaired) electrons. The molecule has 0 atom stereocenters. The van der Waals surface area contributed by atoms with Gasteiger partial charge in [-0.05, 0) is 37.6 Å². The molecule has 1 heterocycles. The van der Waals surface area contributed by atoms with E-state index in [4.69, 9.17) is 11.6 Å². The van der Waals surface area contributed by atoms with Crippen LogP contribution in [0.5, 0.6) is 0 Å². The number of carbonyl (C=O) groups excluding carboxylic acids is 1. The number of anilines is 1. The lowest BCUT2D eigenvalue weighted by Gasteiger charge is -2.36. The summed E-state index contributed by atoms with van der Waals surface area (Å²) in [6.45, 7) is 6.01. The number of hydrogen-bond donors (Lipinski definition) is 0. The van der Waals surface area contributed by atoms with Crippen molar-refractivity contribution in [2.24, 2.45) is 0 Å². The van der Waals surface area contributed by atoms with Gasteiger partial charge in [-0.2, -0.15) is 0 Å². The number of nitro groups is 1. The van der Waals surface area contributed by atoms with Gasteiger partial charge in [-0.1, -0.05) is 29.8 Å². The van der Waals surface area contributed by atoms with Crippen LogP contribution < -0.4 is 4.90 Å². The van der Waals surface area contributed by atoms with Crippen LogP contribution in [0.4, 0.5) is 11.4 Å². The largest absolute Gasteiger partial charge is 0.368 e. The lowest BCUT2D eigenvalue weighted by Crippen LogP contribution is -2.49. The van der Waals surface area contributed by atoms with E-state index in [2.05, 4.69) is 4.90 Å². The molecule has 26 heavy (non-hydrogen) atoms. The summed E-state index contributed by atoms with van der Waals surface area (Å²) in [4.78, 5) is 27.6. The third-order valence-electron chi connectivity index (χ3n) is 4.73. The van der Waals surface area contributed by atoms with Gasteiger partial charge >= 0.3 is 0 Å². The van der Waals surface area contributed by atoms with Crippen LogP contribution >= 0.6 is 11.6 Å². The molecule has 1 aliphatic heterocycles. The van der Waals surface area contributed by atoms with Crippen LogP contribution in [0.25, 0.3) is 0 Å². The zero-order valence-electron chi connectivity index (χ0n) is 14.7. The summed E-state index contributed by atoms with van der Waals surface area (Å²) in [5.41, 5.74) is 2.73. The topological polar surface area (TPSA) is 66.7 Å². The van der Waals surface area contributed by atoms with Gasteiger partial charge in [0.2, 0.25) is 0 Å². The number of para-hydroxylation sites is 1. The van der Waals surface area contributed by atoms with Crippen LogP contribution in [-0.2, 0) is 0 Å². The summed E-state index contributed by atoms with van der Waals surface area (Å²) in [6.07, 6.45) is 0. The number of rotatable bonds is 3. The van der Waals surface area contributed by atoms with Crippen molar-refractivity contribution in [2.75, 3.05) is 31.1 Å². The third kappa shape index (κ3) is 3.51. The second-order valence-electron chi connectivity index (χ2n) is 6.44. The van der Waals surface area contributed by atoms with E-state index in [-0.39, 0.29) is 17.2 Å². The standard InChI is InChI=1S/C19H20ClN3O3/c1-13-6-7-15(20)12-17(13)21-8-10-22(11-9-21)19(24)16-5-3-4-14(2)18(16)23(25)26/h3-7,12H,8-11H2,1-2H3. The Kier molecular flexibility index (Phi) is 5.13. The van der Waals surface area contributed by atoms with E-state index >= 15 is 0 Å². The monoisotopic (exact) mass is 373 g/mol. The zero-order chi connectivity index (χ0) is 18.8. The van der Waals surface area contributed by atoms with Crippen molar-refractivity contribution in [3.05, 3.63) is 68.2 Å². The first-order valence-electron chi connectivity index (χ1n) is 8.43. The number of amides is 1. The first-order valence-corrected chi connectivity index (χ1v) is 8.80. The Morgan fingerprint density at radius 1 is 1.08 bits per heavy atom. The van der Waals surface area contributed by atoms with Crippen LogP contribution in [0.2, 0.25) is 5.02 Å². The molecule has 3 rings (SSSR count). The van der Waals surface area contributed by atoms with Crippen LogP contribution in [0, 0.1) is 24.0 Å². The lowest BCUT2D eigenvalue weighted by atomic mass is 10.1. The zero-order valence-corrected chi connectivity index (χ0v) is 15.5. The smallest absolute Gasteiger partial charge is 0.285 e. The highest BCUT2D eigenvalue weighted by molar-refractivity contribution is 6.30. The second-order valence-corrected chi connectivity index (χ2v) is 6.87. The summed E-state index contributed by atoms with van der Waals surface area (Å²) in [7, 11) is 0. The van der Waals surface area contributed by atoms with Crippen molar-refractivity contribution in [1.82, 2.24) is 4.90 Å². The summed E-state index contributed by atoms with van der Waals surface area (Å²) in [5, 5.41) is 12.0. The number of nitro benzene ring substituents is 1. The van der Waals surface area contributed by atoms with Crippen molar-refractivity contribution in [3.63, 3.8) is 0 Å². The van der Waals surface area contributed by atoms with Gasteiger partial charge in [-0.3, -0.25) is 14.9 Å². The van der Waals surface area contributed by atoms with E-state index < -0.39 is 4.92 Å². The van der Waals surface area contributed by atoms with E-state index in [9.17, 15) is 14.9 Å². The van der Waals surface area contributed by atoms with E-state index in [1.807, 2.05) is 25.1 Å². The minimum atomic E-state index is -0.478. The van der Waals surface area contributed by atoms with Gasteiger partial charge in [-0.25, -0.2) is 0 Å². The summed E-state index contributed by atoms with van der Waals surface area (Å²) < 4.78 is 0. The molecule has 2 aromatic carbocycles. The maximum Gasteiger partial charge on any atom is 0.285 e. The number of aryl methyl sites for hydroxylation is 2. The molecule has 6 nitrogen and oxygen atoms in total. The maximum atomic E-state index is 12.8. The van der Waals surface area contributed by atoms with Crippen molar-refractivity contribution in [3.8, 4) is 0 Å². The van der Waals surface area contributed by atoms with Gasteiger partial charge in [0.25, 0.3) is 11.6 Å². The summed E-state index contributed by atoms with van der Waals surface area (Å²) >= 11 is 6.10. The molecule has 0 N–H and O–H groups in total. The minimum Gasteiger partial charge on any atom is -0.368 e. The average Bonchev–Trinajstić information content (AvgIpc) is 2.62. The van der Waals surface area contributed by atoms with Crippen molar-refractivity contribution in [2.45, 2.75) is 13.8 Å². The number of carbonyl (C=O) groups is 1. The van der Waals surface area contributed by atoms with E-state index in [0.717, 1.165) is 11.3 Å². The van der Waals surface area contributed by atoms with Crippen LogP contribution in [0.15, 0.2) is 36.4 Å². The first kappa shape index (κ1) is 18.2. The first-order chi connectivity index (χ1) is 12.4. The fraction of sp³-hybridized carbons (Fsp3) is 0.316. The molecule has 2 aromatic rings. The molecule has 0 aliphatic carbocycles. The van der Waals surface area contributed by atoms with Crippen LogP contribution in [0.3, 0.4) is 0 Å². The Bertz CT molecular complexity index is 861. The molecular formula is C19H20ClN3O3. The maximum absolute atomic E-state index is 12.8. The number of halogens is 1. The predicted molar refractivity (Wildman–Crippen MR) is 102 cm³/mol. The SMILES string of the molecule is Cc1ccc(Cl)cc1N1CCN(C(=O)c2cccc(C)c2[N+](=O)[O-])CC1. The number of nitrogens with zero attached hydrogens (tertiary/aromatic N) is 3. The molecule has 1 saturated heterocycles. The quantitative estimate of drug-likeness (QED) is 0.605. The average molecular weight is 374 g/mol. The van der Waals surface area contributed by atoms with Crippen molar-refractivity contribution < 1.29 is 9.72 Å². The fourth-order valence-corrected chi connectivity index (χ4v) is 3.48. The highest BCUT2D eigenvalue weighted by atomic mass is 35.5. The molecule has 0 unspecified atom stereocenters. The van der Waals surface area contributed by atoms with Gasteiger partial charge in [0, 0.05) is 42.5 Å². The molecule has 0 aromatic heterocycles. The van der Waals surface area contributed by atoms with Crippen LogP contribution in [-0.4, -0.2) is 41.9 Å². The van der Waals surface area contributed by atoms with Gasteiger partial charge in [0.15, 0.2) is 0 Å². The highest BCUT2D eigenvalue weighted by Gasteiger charge is 2.29. The summed E-state index contributed by atoms with van der Waals surface area (Å²) in [6, 6.07) is 10.6. The molecule has 1 amide bonds. The fourth-order valence-electron chi connectivity index (χ4n) is 3.32. The highest BCUT2D eigenvalue weighted by Crippen LogP contribution is 2.27. The summed E-state index contributed by atoms with van der Waals surface area (Å²) in [5.74, 6) is -0.289. The lowest BCUT2D eigenvalue weighted by molar-refractivity contribution is -0.385. The Morgan fingerprint density at radius 2 is 1.77 bits per heavy atom.